The molecular formula is C11H25N3O2. The fourth-order valence-corrected chi connectivity index (χ4v) is 0. The molecule has 0 fully saturated rings. The molecule has 0 aliphatic rings. The smallest absolute Gasteiger partial charge is 0.126 e. The number of aliphatic imine (C=N–C) groups is 1. The van der Waals surface area contributed by atoms with Gasteiger partial charge in [-0.2, -0.15) is 10.2 Å². The number of carbonyl (C=O) groups excluding carboxylic acids is 2. The van der Waals surface area contributed by atoms with Gasteiger partial charge in [-0.1, -0.05) is 0 Å². The molecule has 0 radical (unpaired) electrons. The van der Waals surface area contributed by atoms with Gasteiger partial charge in [-0.05, 0) is 40.8 Å². The van der Waals surface area contributed by atoms with Crippen LogP contribution < -0.4 is 0 Å². The zero-order valence-corrected chi connectivity index (χ0v) is 11.7. The molecule has 0 aliphatic heterocycles. The molecule has 16 heavy (non-hydrogen) atoms. The Labute approximate surface area is 99.1 Å². The van der Waals surface area contributed by atoms with Gasteiger partial charge in [0, 0.05) is 21.1 Å². The predicted molar refractivity (Wildman–Crippen MR) is 69.5 cm³/mol. The first-order chi connectivity index (χ1) is 7.29. The van der Waals surface area contributed by atoms with E-state index in [1.165, 1.54) is 27.7 Å². The molecule has 0 rings (SSSR count). The number of carbonyl (C=O) groups is 2. The lowest BCUT2D eigenvalue weighted by Gasteiger charge is -1.56. The van der Waals surface area contributed by atoms with Crippen molar-refractivity contribution < 1.29 is 9.59 Å². The Hall–Kier alpha value is -1.39. The van der Waals surface area contributed by atoms with Gasteiger partial charge in [0.2, 0.25) is 0 Å². The third-order valence-corrected chi connectivity index (χ3v) is 0.458. The summed E-state index contributed by atoms with van der Waals surface area (Å²) < 4.78 is 0. The zero-order chi connectivity index (χ0) is 14.0. The van der Waals surface area contributed by atoms with E-state index < -0.39 is 0 Å². The van der Waals surface area contributed by atoms with E-state index in [2.05, 4.69) is 15.2 Å². The van der Waals surface area contributed by atoms with Crippen LogP contribution in [-0.4, -0.2) is 38.9 Å². The number of hydrogen-bond acceptors (Lipinski definition) is 5. The van der Waals surface area contributed by atoms with Gasteiger partial charge in [0.1, 0.15) is 11.6 Å². The second-order valence-electron chi connectivity index (χ2n) is 2.73. The van der Waals surface area contributed by atoms with Gasteiger partial charge in [0.25, 0.3) is 0 Å². The van der Waals surface area contributed by atoms with Crippen LogP contribution in [0.1, 0.15) is 34.6 Å². The average molecular weight is 231 g/mol. The highest BCUT2D eigenvalue weighted by Crippen LogP contribution is 1.51. The van der Waals surface area contributed by atoms with Crippen LogP contribution in [0.2, 0.25) is 0 Å². The van der Waals surface area contributed by atoms with E-state index in [0.29, 0.717) is 0 Å². The highest BCUT2D eigenvalue weighted by atomic mass is 16.1. The summed E-state index contributed by atoms with van der Waals surface area (Å²) in [5.41, 5.74) is 0. The lowest BCUT2D eigenvalue weighted by Crippen LogP contribution is -1.69. The molecule has 5 heteroatoms. The summed E-state index contributed by atoms with van der Waals surface area (Å²) >= 11 is 0. The third kappa shape index (κ3) is 4570. The maximum Gasteiger partial charge on any atom is 0.126 e. The quantitative estimate of drug-likeness (QED) is 0.475. The minimum Gasteiger partial charge on any atom is -0.301 e. The van der Waals surface area contributed by atoms with E-state index in [9.17, 15) is 9.59 Å². The average Bonchev–Trinajstić information content (AvgIpc) is 2.16. The van der Waals surface area contributed by atoms with Crippen molar-refractivity contribution in [3.63, 3.8) is 0 Å². The summed E-state index contributed by atoms with van der Waals surface area (Å²) in [5.74, 6) is 0.333. The number of azo groups is 1. The molecule has 0 N–H and O–H groups in total. The lowest BCUT2D eigenvalue weighted by atomic mass is 10.6. The number of nitrogens with zero attached hydrogens (tertiary/aromatic N) is 3. The normalized spacial score (nSPS) is 8.00. The molecule has 0 aliphatic carbocycles. The van der Waals surface area contributed by atoms with E-state index in [0.717, 1.165) is 0 Å². The molecule has 0 bridgehead atoms. The van der Waals surface area contributed by atoms with Crippen molar-refractivity contribution in [3.8, 4) is 0 Å². The topological polar surface area (TPSA) is 71.2 Å². The van der Waals surface area contributed by atoms with E-state index in [1.54, 1.807) is 27.4 Å². The van der Waals surface area contributed by atoms with Crippen molar-refractivity contribution in [2.24, 2.45) is 15.2 Å². The molecule has 0 spiro atoms. The number of rotatable bonds is 0. The van der Waals surface area contributed by atoms with Crippen LogP contribution in [0.25, 0.3) is 0 Å². The predicted octanol–water partition coefficient (Wildman–Crippen LogP) is 2.60. The van der Waals surface area contributed by atoms with Crippen molar-refractivity contribution in [1.29, 1.82) is 0 Å². The molecule has 0 saturated carbocycles. The summed E-state index contributed by atoms with van der Waals surface area (Å²) in [7, 11) is 5.03. The summed E-state index contributed by atoms with van der Waals surface area (Å²) in [6, 6.07) is 0. The minimum absolute atomic E-state index is 0.167. The number of hydrogen-bond donors (Lipinski definition) is 0. The van der Waals surface area contributed by atoms with Crippen molar-refractivity contribution >= 4 is 17.8 Å². The van der Waals surface area contributed by atoms with Crippen molar-refractivity contribution in [2.75, 3.05) is 21.1 Å². The molecule has 0 unspecified atom stereocenters. The van der Waals surface area contributed by atoms with Gasteiger partial charge >= 0.3 is 0 Å². The maximum atomic E-state index is 9.44. The third-order valence-electron chi connectivity index (χ3n) is 0.458. The van der Waals surface area contributed by atoms with E-state index in [1.807, 2.05) is 6.92 Å². The highest BCUT2D eigenvalue weighted by molar-refractivity contribution is 5.72. The van der Waals surface area contributed by atoms with Crippen LogP contribution in [0.3, 0.4) is 0 Å². The Morgan fingerprint density at radius 3 is 0.938 bits per heavy atom. The summed E-state index contributed by atoms with van der Waals surface area (Å²) in [5, 5.41) is 6.72. The second-order valence-corrected chi connectivity index (χ2v) is 2.73. The van der Waals surface area contributed by atoms with Crippen LogP contribution in [0, 0.1) is 0 Å². The first kappa shape index (κ1) is 24.0. The summed E-state index contributed by atoms with van der Waals surface area (Å²) in [4.78, 5) is 22.5. The van der Waals surface area contributed by atoms with E-state index in [-0.39, 0.29) is 11.6 Å². The second kappa shape index (κ2) is 29.2. The number of ketones is 2. The molecule has 0 aromatic carbocycles. The molecular weight excluding hydrogens is 206 g/mol. The van der Waals surface area contributed by atoms with Crippen molar-refractivity contribution in [2.45, 2.75) is 34.6 Å². The van der Waals surface area contributed by atoms with Gasteiger partial charge in [-0.25, -0.2) is 0 Å². The minimum atomic E-state index is 0.167. The fourth-order valence-electron chi connectivity index (χ4n) is 0. The SMILES string of the molecule is CC(C)=O.CC(C)=O.CC=NC.CN=NC. The molecule has 0 heterocycles. The largest absolute Gasteiger partial charge is 0.301 e. The molecule has 0 saturated heterocycles. The first-order valence-electron chi connectivity index (χ1n) is 4.79. The monoisotopic (exact) mass is 231 g/mol. The summed E-state index contributed by atoms with van der Waals surface area (Å²) in [6.45, 7) is 8.00. The Morgan fingerprint density at radius 2 is 0.938 bits per heavy atom. The zero-order valence-electron chi connectivity index (χ0n) is 11.7. The summed E-state index contributed by atoms with van der Waals surface area (Å²) in [6.07, 6.45) is 1.75. The molecule has 0 atom stereocenters. The van der Waals surface area contributed by atoms with Crippen LogP contribution in [0.4, 0.5) is 0 Å². The standard InChI is InChI=1S/C3H7N.2C3H6O.C2H6N2/c1-3-4-2;2*1-3(2)4;1-3-4-2/h3H,1-2H3;3*1-2H3. The molecule has 5 nitrogen and oxygen atoms in total. The van der Waals surface area contributed by atoms with E-state index in [4.69, 9.17) is 0 Å². The van der Waals surface area contributed by atoms with Gasteiger partial charge in [0.15, 0.2) is 0 Å². The van der Waals surface area contributed by atoms with Crippen LogP contribution in [0.5, 0.6) is 0 Å². The highest BCUT2D eigenvalue weighted by Gasteiger charge is 1.62. The van der Waals surface area contributed by atoms with Gasteiger partial charge in [-0.3, -0.25) is 0 Å². The first-order valence-corrected chi connectivity index (χ1v) is 4.79. The van der Waals surface area contributed by atoms with Crippen LogP contribution >= 0.6 is 0 Å². The Balaban J connectivity index is -0.0000000600. The van der Waals surface area contributed by atoms with Crippen LogP contribution in [0.15, 0.2) is 15.2 Å². The fraction of sp³-hybridized carbons (Fsp3) is 0.727. The van der Waals surface area contributed by atoms with Gasteiger partial charge < -0.3 is 14.6 Å². The molecule has 0 aromatic heterocycles. The Bertz CT molecular complexity index is 161. The van der Waals surface area contributed by atoms with Crippen LogP contribution in [-0.2, 0) is 9.59 Å². The van der Waals surface area contributed by atoms with Gasteiger partial charge in [-0.15, -0.1) is 0 Å². The molecule has 96 valence electrons. The maximum absolute atomic E-state index is 9.44. The molecule has 0 aromatic rings. The lowest BCUT2D eigenvalue weighted by molar-refractivity contribution is -0.115. The van der Waals surface area contributed by atoms with Gasteiger partial charge in [0.05, 0.1) is 0 Å². The Kier molecular flexibility index (Phi) is 43.9. The van der Waals surface area contributed by atoms with Crippen molar-refractivity contribution in [3.05, 3.63) is 0 Å². The van der Waals surface area contributed by atoms with E-state index >= 15 is 0 Å². The molecule has 0 amide bonds. The number of Topliss-reactive ketones (excluding diaryl/α,β-unsaturated/α-hetero) is 2. The van der Waals surface area contributed by atoms with Crippen molar-refractivity contribution in [1.82, 2.24) is 0 Å². The Morgan fingerprint density at radius 1 is 0.812 bits per heavy atom.